The third-order valence-corrected chi connectivity index (χ3v) is 5.05. The molecular weight excluding hydrogens is 342 g/mol. The number of nitrogens with one attached hydrogen (secondary N) is 3. The average molecular weight is 378 g/mol. The van der Waals surface area contributed by atoms with Gasteiger partial charge in [-0.2, -0.15) is 0 Å². The summed E-state index contributed by atoms with van der Waals surface area (Å²) in [5.74, 6) is 1.75. The van der Waals surface area contributed by atoms with Crippen LogP contribution in [-0.4, -0.2) is 56.0 Å². The van der Waals surface area contributed by atoms with Gasteiger partial charge in [0.1, 0.15) is 5.76 Å². The van der Waals surface area contributed by atoms with Gasteiger partial charge in [0.15, 0.2) is 5.96 Å². The molecule has 2 atom stereocenters. The number of piperidine rings is 1. The molecule has 0 aliphatic carbocycles. The van der Waals surface area contributed by atoms with Crippen LogP contribution in [0.25, 0.3) is 0 Å². The maximum atomic E-state index is 11.9. The molecule has 1 amide bonds. The molecule has 1 saturated heterocycles. The number of furan rings is 1. The van der Waals surface area contributed by atoms with Crippen LogP contribution >= 0.6 is 0 Å². The predicted octanol–water partition coefficient (Wildman–Crippen LogP) is 2.28. The Hall–Kier alpha value is -2.02. The second-order valence-corrected chi connectivity index (χ2v) is 7.13. The summed E-state index contributed by atoms with van der Waals surface area (Å²) in [5, 5.41) is 9.59. The first-order valence-corrected chi connectivity index (χ1v) is 10.1. The number of carbonyl (C=O) groups is 1. The fourth-order valence-electron chi connectivity index (χ4n) is 3.28. The van der Waals surface area contributed by atoms with Gasteiger partial charge in [0.2, 0.25) is 5.91 Å². The second-order valence-electron chi connectivity index (χ2n) is 7.13. The van der Waals surface area contributed by atoms with Crippen LogP contribution < -0.4 is 16.0 Å². The van der Waals surface area contributed by atoms with E-state index in [1.54, 1.807) is 13.3 Å². The zero-order chi connectivity index (χ0) is 19.5. The quantitative estimate of drug-likeness (QED) is 0.454. The summed E-state index contributed by atoms with van der Waals surface area (Å²) in [5.41, 5.74) is 0. The van der Waals surface area contributed by atoms with Crippen molar-refractivity contribution < 1.29 is 9.21 Å². The largest absolute Gasteiger partial charge is 0.468 e. The molecule has 7 heteroatoms. The molecule has 0 aromatic carbocycles. The number of hydrogen-bond acceptors (Lipinski definition) is 4. The van der Waals surface area contributed by atoms with E-state index in [0.717, 1.165) is 25.3 Å². The van der Waals surface area contributed by atoms with Crippen LogP contribution in [0.4, 0.5) is 0 Å². The smallest absolute Gasteiger partial charge is 0.221 e. The van der Waals surface area contributed by atoms with Gasteiger partial charge >= 0.3 is 0 Å². The van der Waals surface area contributed by atoms with Gasteiger partial charge in [-0.15, -0.1) is 0 Å². The lowest BCUT2D eigenvalue weighted by Gasteiger charge is -2.33. The summed E-state index contributed by atoms with van der Waals surface area (Å²) >= 11 is 0. The molecule has 2 heterocycles. The summed E-state index contributed by atoms with van der Waals surface area (Å²) in [4.78, 5) is 18.6. The zero-order valence-corrected chi connectivity index (χ0v) is 17.0. The van der Waals surface area contributed by atoms with Crippen LogP contribution in [-0.2, 0) is 4.79 Å². The lowest BCUT2D eigenvalue weighted by Crippen LogP contribution is -2.45. The molecule has 0 saturated carbocycles. The summed E-state index contributed by atoms with van der Waals surface area (Å²) in [6, 6.07) is 4.38. The van der Waals surface area contributed by atoms with Crippen molar-refractivity contribution in [3.63, 3.8) is 0 Å². The molecule has 3 N–H and O–H groups in total. The summed E-state index contributed by atoms with van der Waals surface area (Å²) in [6.07, 6.45) is 6.86. The van der Waals surface area contributed by atoms with Gasteiger partial charge in [-0.25, -0.2) is 0 Å². The van der Waals surface area contributed by atoms with E-state index in [9.17, 15) is 4.79 Å². The van der Waals surface area contributed by atoms with Gasteiger partial charge in [-0.05, 0) is 51.4 Å². The van der Waals surface area contributed by atoms with Crippen LogP contribution in [0.5, 0.6) is 0 Å². The minimum absolute atomic E-state index is 0.0640. The van der Waals surface area contributed by atoms with E-state index in [-0.39, 0.29) is 18.0 Å². The SMILES string of the molecule is CCC(C)NC(=O)CCNC(=NC)NCC(c1ccco1)N1CCCCC1. The van der Waals surface area contributed by atoms with Gasteiger partial charge in [0.25, 0.3) is 0 Å². The standard InChI is InChI=1S/C20H35N5O2/c1-4-16(2)24-19(26)10-11-22-20(21-3)23-15-17(18-9-8-14-27-18)25-12-6-5-7-13-25/h8-9,14,16-17H,4-7,10-13,15H2,1-3H3,(H,24,26)(H2,21,22,23). The molecule has 1 aliphatic heterocycles. The van der Waals surface area contributed by atoms with Crippen molar-refractivity contribution in [2.24, 2.45) is 4.99 Å². The molecule has 0 radical (unpaired) electrons. The molecule has 27 heavy (non-hydrogen) atoms. The van der Waals surface area contributed by atoms with Crippen molar-refractivity contribution in [3.05, 3.63) is 24.2 Å². The number of rotatable bonds is 9. The van der Waals surface area contributed by atoms with Gasteiger partial charge in [0.05, 0.1) is 12.3 Å². The zero-order valence-electron chi connectivity index (χ0n) is 17.0. The normalized spacial score (nSPS) is 18.0. The molecule has 7 nitrogen and oxygen atoms in total. The highest BCUT2D eigenvalue weighted by molar-refractivity contribution is 5.81. The Kier molecular flexibility index (Phi) is 9.18. The Morgan fingerprint density at radius 3 is 2.70 bits per heavy atom. The molecule has 1 fully saturated rings. The van der Waals surface area contributed by atoms with Crippen LogP contribution in [0, 0.1) is 0 Å². The fourth-order valence-corrected chi connectivity index (χ4v) is 3.28. The fraction of sp³-hybridized carbons (Fsp3) is 0.700. The lowest BCUT2D eigenvalue weighted by atomic mass is 10.1. The lowest BCUT2D eigenvalue weighted by molar-refractivity contribution is -0.121. The van der Waals surface area contributed by atoms with E-state index in [0.29, 0.717) is 25.5 Å². The third kappa shape index (κ3) is 7.25. The van der Waals surface area contributed by atoms with E-state index in [4.69, 9.17) is 4.42 Å². The highest BCUT2D eigenvalue weighted by Gasteiger charge is 2.24. The number of amides is 1. The monoisotopic (exact) mass is 377 g/mol. The number of aliphatic imine (C=N–C) groups is 1. The molecule has 1 aromatic rings. The van der Waals surface area contributed by atoms with E-state index >= 15 is 0 Å². The van der Waals surface area contributed by atoms with Crippen molar-refractivity contribution in [1.82, 2.24) is 20.9 Å². The van der Waals surface area contributed by atoms with Crippen molar-refractivity contribution in [3.8, 4) is 0 Å². The molecule has 0 spiro atoms. The molecule has 2 unspecified atom stereocenters. The van der Waals surface area contributed by atoms with E-state index in [1.165, 1.54) is 19.3 Å². The molecule has 2 rings (SSSR count). The number of likely N-dealkylation sites (tertiary alicyclic amines) is 1. The van der Waals surface area contributed by atoms with Crippen molar-refractivity contribution in [2.45, 2.75) is 58.0 Å². The Labute approximate surface area is 163 Å². The van der Waals surface area contributed by atoms with Crippen LogP contribution in [0.1, 0.15) is 57.8 Å². The minimum atomic E-state index is 0.0640. The maximum Gasteiger partial charge on any atom is 0.221 e. The number of carbonyl (C=O) groups excluding carboxylic acids is 1. The molecule has 1 aromatic heterocycles. The van der Waals surface area contributed by atoms with Crippen molar-refractivity contribution >= 4 is 11.9 Å². The Morgan fingerprint density at radius 2 is 2.07 bits per heavy atom. The second kappa shape index (κ2) is 11.6. The van der Waals surface area contributed by atoms with Crippen LogP contribution in [0.15, 0.2) is 27.8 Å². The topological polar surface area (TPSA) is 81.9 Å². The van der Waals surface area contributed by atoms with E-state index < -0.39 is 0 Å². The van der Waals surface area contributed by atoms with Gasteiger partial charge in [0, 0.05) is 32.6 Å². The molecule has 0 bridgehead atoms. The van der Waals surface area contributed by atoms with Gasteiger partial charge < -0.3 is 20.4 Å². The molecule has 152 valence electrons. The van der Waals surface area contributed by atoms with E-state index in [1.807, 2.05) is 19.1 Å². The highest BCUT2D eigenvalue weighted by atomic mass is 16.3. The molecular formula is C20H35N5O2. The highest BCUT2D eigenvalue weighted by Crippen LogP contribution is 2.24. The first-order valence-electron chi connectivity index (χ1n) is 10.1. The van der Waals surface area contributed by atoms with Crippen LogP contribution in [0.2, 0.25) is 0 Å². The Balaban J connectivity index is 1.80. The average Bonchev–Trinajstić information content (AvgIpc) is 3.22. The maximum absolute atomic E-state index is 11.9. The third-order valence-electron chi connectivity index (χ3n) is 5.05. The first-order chi connectivity index (χ1) is 13.1. The van der Waals surface area contributed by atoms with Gasteiger partial charge in [-0.1, -0.05) is 13.3 Å². The van der Waals surface area contributed by atoms with Crippen molar-refractivity contribution in [1.29, 1.82) is 0 Å². The van der Waals surface area contributed by atoms with Crippen LogP contribution in [0.3, 0.4) is 0 Å². The summed E-state index contributed by atoms with van der Waals surface area (Å²) in [6.45, 7) is 7.53. The number of nitrogens with zero attached hydrogens (tertiary/aromatic N) is 2. The van der Waals surface area contributed by atoms with Crippen molar-refractivity contribution in [2.75, 3.05) is 33.2 Å². The number of hydrogen-bond donors (Lipinski definition) is 3. The minimum Gasteiger partial charge on any atom is -0.468 e. The van der Waals surface area contributed by atoms with E-state index in [2.05, 4.69) is 32.8 Å². The van der Waals surface area contributed by atoms with Gasteiger partial charge in [-0.3, -0.25) is 14.7 Å². The predicted molar refractivity (Wildman–Crippen MR) is 109 cm³/mol. The Morgan fingerprint density at radius 1 is 1.30 bits per heavy atom. The number of guanidine groups is 1. The first kappa shape index (κ1) is 21.3. The molecule has 1 aliphatic rings. The summed E-state index contributed by atoms with van der Waals surface area (Å²) < 4.78 is 5.68. The Bertz CT molecular complexity index is 567. The summed E-state index contributed by atoms with van der Waals surface area (Å²) in [7, 11) is 1.75.